The summed E-state index contributed by atoms with van der Waals surface area (Å²) in [7, 11) is 0. The summed E-state index contributed by atoms with van der Waals surface area (Å²) in [5.74, 6) is -0.616. The summed E-state index contributed by atoms with van der Waals surface area (Å²) in [6, 6.07) is 5.51. The van der Waals surface area contributed by atoms with Gasteiger partial charge in [-0.05, 0) is 32.0 Å². The second-order valence-corrected chi connectivity index (χ2v) is 4.60. The van der Waals surface area contributed by atoms with Gasteiger partial charge in [0.15, 0.2) is 0 Å². The normalized spacial score (nSPS) is 13.5. The fourth-order valence-corrected chi connectivity index (χ4v) is 1.48. The molecule has 0 bridgehead atoms. The van der Waals surface area contributed by atoms with E-state index in [1.165, 1.54) is 31.2 Å². The maximum absolute atomic E-state index is 11.3. The third-order valence-corrected chi connectivity index (χ3v) is 2.81. The number of carbonyl (C=O) groups is 1. The van der Waals surface area contributed by atoms with E-state index in [4.69, 9.17) is 4.74 Å². The predicted molar refractivity (Wildman–Crippen MR) is 72.9 cm³/mol. The number of rotatable bonds is 8. The minimum absolute atomic E-state index is 0.0394. The van der Waals surface area contributed by atoms with Crippen LogP contribution >= 0.6 is 0 Å². The number of hydrogen-bond donors (Lipinski definition) is 2. The number of hydrogen-bond acceptors (Lipinski definition) is 5. The average Bonchev–Trinajstić information content (AvgIpc) is 2.43. The van der Waals surface area contributed by atoms with Gasteiger partial charge in [0.05, 0.1) is 4.92 Å². The van der Waals surface area contributed by atoms with E-state index in [-0.39, 0.29) is 12.3 Å². The maximum atomic E-state index is 11.3. The molecule has 0 saturated carbocycles. The van der Waals surface area contributed by atoms with Gasteiger partial charge in [0.25, 0.3) is 5.69 Å². The van der Waals surface area contributed by atoms with Crippen LogP contribution in [0.4, 0.5) is 5.69 Å². The van der Waals surface area contributed by atoms with Gasteiger partial charge in [0.1, 0.15) is 17.9 Å². The lowest BCUT2D eigenvalue weighted by Gasteiger charge is -2.26. The highest BCUT2D eigenvalue weighted by atomic mass is 16.6. The van der Waals surface area contributed by atoms with Crippen molar-refractivity contribution in [2.24, 2.45) is 0 Å². The molecule has 0 fully saturated rings. The van der Waals surface area contributed by atoms with E-state index in [0.29, 0.717) is 12.3 Å². The third kappa shape index (κ3) is 4.20. The molecule has 110 valence electrons. The summed E-state index contributed by atoms with van der Waals surface area (Å²) in [4.78, 5) is 21.3. The van der Waals surface area contributed by atoms with E-state index in [1.54, 1.807) is 0 Å². The summed E-state index contributed by atoms with van der Waals surface area (Å²) in [6.45, 7) is 3.97. The molecule has 0 aliphatic carbocycles. The molecule has 1 unspecified atom stereocenters. The Bertz CT molecular complexity index is 474. The molecular formula is C13H18N2O5. The first kappa shape index (κ1) is 15.9. The number of benzene rings is 1. The standard InChI is InChI=1S/C13H18N2O5/c1-3-8-14-13(2,12(16)17)9-20-11-6-4-10(5-7-11)15(18)19/h4-7,14H,3,8-9H2,1-2H3,(H,16,17). The fourth-order valence-electron chi connectivity index (χ4n) is 1.48. The van der Waals surface area contributed by atoms with Crippen molar-refractivity contribution in [1.82, 2.24) is 5.32 Å². The lowest BCUT2D eigenvalue weighted by Crippen LogP contribution is -2.54. The highest BCUT2D eigenvalue weighted by Crippen LogP contribution is 2.18. The molecule has 0 heterocycles. The Hall–Kier alpha value is -2.15. The molecule has 20 heavy (non-hydrogen) atoms. The summed E-state index contributed by atoms with van der Waals surface area (Å²) < 4.78 is 5.40. The van der Waals surface area contributed by atoms with Crippen LogP contribution in [0.2, 0.25) is 0 Å². The zero-order valence-electron chi connectivity index (χ0n) is 11.5. The molecule has 7 heteroatoms. The Morgan fingerprint density at radius 3 is 2.50 bits per heavy atom. The van der Waals surface area contributed by atoms with Gasteiger partial charge in [-0.1, -0.05) is 6.92 Å². The van der Waals surface area contributed by atoms with E-state index in [2.05, 4.69) is 5.32 Å². The van der Waals surface area contributed by atoms with Crippen LogP contribution in [-0.4, -0.2) is 34.7 Å². The quantitative estimate of drug-likeness (QED) is 0.557. The first-order valence-corrected chi connectivity index (χ1v) is 6.24. The summed E-state index contributed by atoms with van der Waals surface area (Å²) in [6.07, 6.45) is 0.806. The van der Waals surface area contributed by atoms with Crippen LogP contribution in [0.1, 0.15) is 20.3 Å². The van der Waals surface area contributed by atoms with Gasteiger partial charge in [-0.3, -0.25) is 20.2 Å². The van der Waals surface area contributed by atoms with Crippen molar-refractivity contribution < 1.29 is 19.6 Å². The molecule has 0 aliphatic heterocycles. The molecule has 0 radical (unpaired) electrons. The highest BCUT2D eigenvalue weighted by molar-refractivity contribution is 5.78. The van der Waals surface area contributed by atoms with Crippen LogP contribution in [0, 0.1) is 10.1 Å². The van der Waals surface area contributed by atoms with Crippen molar-refractivity contribution >= 4 is 11.7 Å². The molecule has 7 nitrogen and oxygen atoms in total. The number of carboxylic acids is 1. The van der Waals surface area contributed by atoms with E-state index in [0.717, 1.165) is 6.42 Å². The Labute approximate surface area is 116 Å². The SMILES string of the molecule is CCCNC(C)(COc1ccc([N+](=O)[O-])cc1)C(=O)O. The molecule has 0 spiro atoms. The lowest BCUT2D eigenvalue weighted by molar-refractivity contribution is -0.384. The van der Waals surface area contributed by atoms with E-state index < -0.39 is 16.4 Å². The van der Waals surface area contributed by atoms with Gasteiger partial charge in [0, 0.05) is 12.1 Å². The van der Waals surface area contributed by atoms with Gasteiger partial charge in [-0.25, -0.2) is 0 Å². The third-order valence-electron chi connectivity index (χ3n) is 2.81. The summed E-state index contributed by atoms with van der Waals surface area (Å²) in [5.41, 5.74) is -1.24. The molecule has 0 aromatic heterocycles. The van der Waals surface area contributed by atoms with Crippen LogP contribution in [0.3, 0.4) is 0 Å². The predicted octanol–water partition coefficient (Wildman–Crippen LogP) is 1.82. The molecule has 0 amide bonds. The minimum Gasteiger partial charge on any atom is -0.491 e. The summed E-state index contributed by atoms with van der Waals surface area (Å²) in [5, 5.41) is 22.6. The van der Waals surface area contributed by atoms with Gasteiger partial charge in [0.2, 0.25) is 0 Å². The Morgan fingerprint density at radius 1 is 1.45 bits per heavy atom. The molecule has 1 atom stereocenters. The van der Waals surface area contributed by atoms with Crippen molar-refractivity contribution in [3.05, 3.63) is 34.4 Å². The monoisotopic (exact) mass is 282 g/mol. The van der Waals surface area contributed by atoms with Crippen molar-refractivity contribution in [1.29, 1.82) is 0 Å². The minimum atomic E-state index is -1.20. The van der Waals surface area contributed by atoms with Crippen molar-refractivity contribution in [3.8, 4) is 5.75 Å². The number of nitro benzene ring substituents is 1. The zero-order valence-corrected chi connectivity index (χ0v) is 11.5. The largest absolute Gasteiger partial charge is 0.491 e. The van der Waals surface area contributed by atoms with Crippen LogP contribution < -0.4 is 10.1 Å². The maximum Gasteiger partial charge on any atom is 0.327 e. The van der Waals surface area contributed by atoms with Gasteiger partial charge < -0.3 is 9.84 Å². The molecule has 1 aromatic carbocycles. The Morgan fingerprint density at radius 2 is 2.05 bits per heavy atom. The molecule has 2 N–H and O–H groups in total. The van der Waals surface area contributed by atoms with Crippen molar-refractivity contribution in [3.63, 3.8) is 0 Å². The smallest absolute Gasteiger partial charge is 0.327 e. The number of nitrogens with one attached hydrogen (secondary N) is 1. The lowest BCUT2D eigenvalue weighted by atomic mass is 10.0. The van der Waals surface area contributed by atoms with Crippen molar-refractivity contribution in [2.75, 3.05) is 13.2 Å². The van der Waals surface area contributed by atoms with Gasteiger partial charge >= 0.3 is 5.97 Å². The van der Waals surface area contributed by atoms with E-state index >= 15 is 0 Å². The molecule has 0 saturated heterocycles. The molecular weight excluding hydrogens is 264 g/mol. The summed E-state index contributed by atoms with van der Waals surface area (Å²) >= 11 is 0. The first-order chi connectivity index (χ1) is 9.39. The number of carboxylic acid groups (broad SMARTS) is 1. The van der Waals surface area contributed by atoms with E-state index in [9.17, 15) is 20.0 Å². The topological polar surface area (TPSA) is 102 Å². The Balaban J connectivity index is 2.67. The zero-order chi connectivity index (χ0) is 15.2. The average molecular weight is 282 g/mol. The molecule has 0 aliphatic rings. The number of aliphatic carboxylic acids is 1. The van der Waals surface area contributed by atoms with E-state index in [1.807, 2.05) is 6.92 Å². The Kier molecular flexibility index (Phi) is 5.45. The fraction of sp³-hybridized carbons (Fsp3) is 0.462. The van der Waals surface area contributed by atoms with Crippen LogP contribution in [0.25, 0.3) is 0 Å². The van der Waals surface area contributed by atoms with Crippen molar-refractivity contribution in [2.45, 2.75) is 25.8 Å². The molecule has 1 aromatic rings. The number of ether oxygens (including phenoxy) is 1. The second-order valence-electron chi connectivity index (χ2n) is 4.60. The van der Waals surface area contributed by atoms with Gasteiger partial charge in [-0.15, -0.1) is 0 Å². The highest BCUT2D eigenvalue weighted by Gasteiger charge is 2.33. The number of nitro groups is 1. The number of non-ortho nitro benzene ring substituents is 1. The number of nitrogens with zero attached hydrogens (tertiary/aromatic N) is 1. The van der Waals surface area contributed by atoms with Gasteiger partial charge in [-0.2, -0.15) is 0 Å². The van der Waals surface area contributed by atoms with Crippen LogP contribution in [-0.2, 0) is 4.79 Å². The second kappa shape index (κ2) is 6.85. The molecule has 1 rings (SSSR count). The first-order valence-electron chi connectivity index (χ1n) is 6.24. The van der Waals surface area contributed by atoms with Crippen LogP contribution in [0.5, 0.6) is 5.75 Å². The van der Waals surface area contributed by atoms with Crippen LogP contribution in [0.15, 0.2) is 24.3 Å².